The third-order valence-corrected chi connectivity index (χ3v) is 6.40. The lowest BCUT2D eigenvalue weighted by Gasteiger charge is -2.17. The van der Waals surface area contributed by atoms with E-state index in [1.807, 2.05) is 30.3 Å². The van der Waals surface area contributed by atoms with E-state index in [1.165, 1.54) is 18.0 Å². The number of rotatable bonds is 8. The number of hydrogen-bond acceptors (Lipinski definition) is 8. The molecule has 0 aliphatic rings. The molecule has 5 rings (SSSR count). The highest BCUT2D eigenvalue weighted by atomic mass is 79.9. The SMILES string of the molecule is CCOC(=O)[C@@H](C)Oc1c(C=Nn2c(-c3cc4cc(Br)ccc4o3)nc3ccccc3c2=O)cccc1OC. The van der Waals surface area contributed by atoms with Crippen molar-refractivity contribution in [2.75, 3.05) is 13.7 Å². The van der Waals surface area contributed by atoms with Crippen molar-refractivity contribution < 1.29 is 23.4 Å². The van der Waals surface area contributed by atoms with Crippen molar-refractivity contribution in [2.24, 2.45) is 5.10 Å². The first kappa shape index (κ1) is 26.2. The largest absolute Gasteiger partial charge is 0.493 e. The first-order valence-electron chi connectivity index (χ1n) is 12.2. The maximum Gasteiger partial charge on any atom is 0.347 e. The van der Waals surface area contributed by atoms with Gasteiger partial charge in [-0.2, -0.15) is 9.78 Å². The summed E-state index contributed by atoms with van der Waals surface area (Å²) in [5.74, 6) is 0.761. The zero-order valence-corrected chi connectivity index (χ0v) is 23.0. The number of para-hydroxylation sites is 2. The van der Waals surface area contributed by atoms with Crippen LogP contribution in [0.1, 0.15) is 19.4 Å². The number of fused-ring (bicyclic) bond motifs is 2. The van der Waals surface area contributed by atoms with E-state index >= 15 is 0 Å². The predicted molar refractivity (Wildman–Crippen MR) is 152 cm³/mol. The Kier molecular flexibility index (Phi) is 7.47. The number of ether oxygens (including phenoxy) is 3. The molecule has 5 aromatic rings. The van der Waals surface area contributed by atoms with Crippen LogP contribution in [-0.4, -0.2) is 41.7 Å². The smallest absolute Gasteiger partial charge is 0.347 e. The predicted octanol–water partition coefficient (Wildman–Crippen LogP) is 5.79. The third-order valence-electron chi connectivity index (χ3n) is 5.91. The van der Waals surface area contributed by atoms with Gasteiger partial charge in [0, 0.05) is 15.4 Å². The number of esters is 1. The van der Waals surface area contributed by atoms with E-state index < -0.39 is 12.1 Å². The Balaban J connectivity index is 1.64. The molecule has 0 radical (unpaired) electrons. The molecule has 0 fully saturated rings. The highest BCUT2D eigenvalue weighted by Crippen LogP contribution is 2.32. The van der Waals surface area contributed by atoms with Crippen LogP contribution in [0.5, 0.6) is 11.5 Å². The molecule has 3 aromatic carbocycles. The summed E-state index contributed by atoms with van der Waals surface area (Å²) < 4.78 is 24.6. The van der Waals surface area contributed by atoms with Gasteiger partial charge in [-0.3, -0.25) is 4.79 Å². The van der Waals surface area contributed by atoms with Crippen LogP contribution >= 0.6 is 15.9 Å². The standard InChI is InChI=1S/C29H24BrN3O6/c1-4-37-29(35)17(2)38-26-18(8-7-11-24(26)36-3)16-31-33-27(32-22-10-6-5-9-21(22)28(33)34)25-15-19-14-20(30)12-13-23(19)39-25/h5-17H,4H2,1-3H3/t17-/m1/s1. The molecule has 10 heteroatoms. The molecule has 0 saturated heterocycles. The fourth-order valence-electron chi connectivity index (χ4n) is 4.04. The number of benzene rings is 3. The summed E-state index contributed by atoms with van der Waals surface area (Å²) in [6, 6.07) is 19.6. The number of methoxy groups -OCH3 is 1. The van der Waals surface area contributed by atoms with Crippen molar-refractivity contribution in [1.82, 2.24) is 9.66 Å². The van der Waals surface area contributed by atoms with Gasteiger partial charge in [-0.15, -0.1) is 0 Å². The highest BCUT2D eigenvalue weighted by Gasteiger charge is 2.21. The van der Waals surface area contributed by atoms with E-state index in [0.717, 1.165) is 9.86 Å². The van der Waals surface area contributed by atoms with Crippen molar-refractivity contribution >= 4 is 50.0 Å². The Morgan fingerprint density at radius 1 is 1.15 bits per heavy atom. The molecule has 9 nitrogen and oxygen atoms in total. The zero-order chi connectivity index (χ0) is 27.5. The van der Waals surface area contributed by atoms with E-state index in [0.29, 0.717) is 33.6 Å². The Bertz CT molecular complexity index is 1770. The zero-order valence-electron chi connectivity index (χ0n) is 21.4. The number of carbonyl (C=O) groups excluding carboxylic acids is 1. The molecule has 0 unspecified atom stereocenters. The molecule has 2 aromatic heterocycles. The van der Waals surface area contributed by atoms with Crippen molar-refractivity contribution in [1.29, 1.82) is 0 Å². The van der Waals surface area contributed by atoms with Gasteiger partial charge in [-0.1, -0.05) is 34.1 Å². The number of hydrogen-bond donors (Lipinski definition) is 0. The minimum absolute atomic E-state index is 0.228. The molecule has 0 aliphatic heterocycles. The lowest BCUT2D eigenvalue weighted by atomic mass is 10.2. The fourth-order valence-corrected chi connectivity index (χ4v) is 4.42. The number of aromatic nitrogens is 2. The molecule has 0 aliphatic carbocycles. The van der Waals surface area contributed by atoms with Gasteiger partial charge in [-0.25, -0.2) is 9.78 Å². The second-order valence-electron chi connectivity index (χ2n) is 8.50. The Labute approximate surface area is 231 Å². The van der Waals surface area contributed by atoms with Gasteiger partial charge in [0.05, 0.1) is 30.8 Å². The summed E-state index contributed by atoms with van der Waals surface area (Å²) >= 11 is 3.47. The van der Waals surface area contributed by atoms with E-state index in [-0.39, 0.29) is 23.7 Å². The minimum Gasteiger partial charge on any atom is -0.493 e. The first-order chi connectivity index (χ1) is 18.9. The molecule has 198 valence electrons. The quantitative estimate of drug-likeness (QED) is 0.166. The summed E-state index contributed by atoms with van der Waals surface area (Å²) in [5.41, 5.74) is 1.26. The minimum atomic E-state index is -0.899. The van der Waals surface area contributed by atoms with Crippen LogP contribution in [0, 0.1) is 0 Å². The topological polar surface area (TPSA) is 105 Å². The normalized spacial score (nSPS) is 12.2. The third kappa shape index (κ3) is 5.28. The molecule has 2 heterocycles. The molecule has 0 N–H and O–H groups in total. The van der Waals surface area contributed by atoms with E-state index in [4.69, 9.17) is 23.6 Å². The summed E-state index contributed by atoms with van der Waals surface area (Å²) in [4.78, 5) is 30.5. The molecular weight excluding hydrogens is 566 g/mol. The molecule has 39 heavy (non-hydrogen) atoms. The van der Waals surface area contributed by atoms with Crippen LogP contribution in [0.15, 0.2) is 85.5 Å². The highest BCUT2D eigenvalue weighted by molar-refractivity contribution is 9.10. The van der Waals surface area contributed by atoms with Gasteiger partial charge < -0.3 is 18.6 Å². The second-order valence-corrected chi connectivity index (χ2v) is 9.41. The number of nitrogens with zero attached hydrogens (tertiary/aromatic N) is 3. The van der Waals surface area contributed by atoms with Crippen LogP contribution in [0.4, 0.5) is 0 Å². The Hall–Kier alpha value is -4.44. The molecule has 1 atom stereocenters. The lowest BCUT2D eigenvalue weighted by Crippen LogP contribution is -2.26. The first-order valence-corrected chi connectivity index (χ1v) is 12.9. The maximum atomic E-state index is 13.6. The van der Waals surface area contributed by atoms with E-state index in [9.17, 15) is 9.59 Å². The molecule has 0 bridgehead atoms. The summed E-state index contributed by atoms with van der Waals surface area (Å²) in [5, 5.41) is 5.75. The van der Waals surface area contributed by atoms with Gasteiger partial charge in [0.1, 0.15) is 5.58 Å². The van der Waals surface area contributed by atoms with Crippen LogP contribution in [-0.2, 0) is 9.53 Å². The van der Waals surface area contributed by atoms with Gasteiger partial charge in [0.15, 0.2) is 23.4 Å². The molecular formula is C29H24BrN3O6. The van der Waals surface area contributed by atoms with E-state index in [2.05, 4.69) is 21.0 Å². The van der Waals surface area contributed by atoms with Crippen LogP contribution in [0.2, 0.25) is 0 Å². The second kappa shape index (κ2) is 11.1. The van der Waals surface area contributed by atoms with Gasteiger partial charge >= 0.3 is 5.97 Å². The average Bonchev–Trinajstić information content (AvgIpc) is 3.36. The molecule has 0 spiro atoms. The Morgan fingerprint density at radius 2 is 1.97 bits per heavy atom. The van der Waals surface area contributed by atoms with Gasteiger partial charge in [0.25, 0.3) is 5.56 Å². The summed E-state index contributed by atoms with van der Waals surface area (Å²) in [6.07, 6.45) is 0.556. The Morgan fingerprint density at radius 3 is 2.77 bits per heavy atom. The van der Waals surface area contributed by atoms with Crippen molar-refractivity contribution in [3.63, 3.8) is 0 Å². The summed E-state index contributed by atoms with van der Waals surface area (Å²) in [6.45, 7) is 3.53. The number of halogens is 1. The van der Waals surface area contributed by atoms with E-state index in [1.54, 1.807) is 50.2 Å². The van der Waals surface area contributed by atoms with Gasteiger partial charge in [0.2, 0.25) is 5.82 Å². The monoisotopic (exact) mass is 589 g/mol. The van der Waals surface area contributed by atoms with Crippen LogP contribution in [0.25, 0.3) is 33.5 Å². The van der Waals surface area contributed by atoms with Crippen molar-refractivity contribution in [3.8, 4) is 23.1 Å². The average molecular weight is 590 g/mol. The summed E-state index contributed by atoms with van der Waals surface area (Å²) in [7, 11) is 1.49. The number of furan rings is 1. The van der Waals surface area contributed by atoms with Gasteiger partial charge in [-0.05, 0) is 62.4 Å². The number of carbonyl (C=O) groups is 1. The fraction of sp³-hybridized carbons (Fsp3) is 0.172. The molecule has 0 saturated carbocycles. The van der Waals surface area contributed by atoms with Crippen molar-refractivity contribution in [3.05, 3.63) is 87.1 Å². The molecule has 0 amide bonds. The lowest BCUT2D eigenvalue weighted by molar-refractivity contribution is -0.150. The van der Waals surface area contributed by atoms with Crippen molar-refractivity contribution in [2.45, 2.75) is 20.0 Å². The maximum absolute atomic E-state index is 13.6. The van der Waals surface area contributed by atoms with Crippen LogP contribution in [0.3, 0.4) is 0 Å². The van der Waals surface area contributed by atoms with Crippen LogP contribution < -0.4 is 15.0 Å².